The number of alkyl carbamates (subject to hydrolysis) is 1. The minimum atomic E-state index is -0.454. The monoisotopic (exact) mass is 314 g/mol. The van der Waals surface area contributed by atoms with Gasteiger partial charge in [0.2, 0.25) is 5.95 Å². The molecule has 0 bridgehead atoms. The molecule has 0 aliphatic carbocycles. The summed E-state index contributed by atoms with van der Waals surface area (Å²) in [6.07, 6.45) is 5.42. The van der Waals surface area contributed by atoms with Crippen LogP contribution in [0.25, 0.3) is 6.08 Å². The number of carbonyl (C=O) groups is 1. The minimum absolute atomic E-state index is 0.253. The number of benzene rings is 1. The number of pyridine rings is 1. The third-order valence-corrected chi connectivity index (χ3v) is 3.14. The average Bonchev–Trinajstić information content (AvgIpc) is 2.57. The molecule has 5 heteroatoms. The zero-order chi connectivity index (χ0) is 16.5. The van der Waals surface area contributed by atoms with E-state index in [1.54, 1.807) is 13.0 Å². The lowest BCUT2D eigenvalue weighted by molar-refractivity contribution is 0.140. The molecule has 1 aromatic heterocycles. The molecular formula is C18H19FN2O2. The summed E-state index contributed by atoms with van der Waals surface area (Å²) in [7, 11) is 0. The van der Waals surface area contributed by atoms with Crippen LogP contribution in [-0.2, 0) is 11.3 Å². The van der Waals surface area contributed by atoms with Gasteiger partial charge in [0.05, 0.1) is 0 Å². The molecule has 1 amide bonds. The van der Waals surface area contributed by atoms with Gasteiger partial charge in [-0.05, 0) is 30.5 Å². The molecule has 0 saturated carbocycles. The highest BCUT2D eigenvalue weighted by Crippen LogP contribution is 2.07. The summed E-state index contributed by atoms with van der Waals surface area (Å²) in [5.41, 5.74) is 2.28. The van der Waals surface area contributed by atoms with Gasteiger partial charge in [-0.3, -0.25) is 0 Å². The van der Waals surface area contributed by atoms with Gasteiger partial charge >= 0.3 is 6.09 Å². The molecule has 4 nitrogen and oxygen atoms in total. The van der Waals surface area contributed by atoms with Gasteiger partial charge in [0.15, 0.2) is 0 Å². The predicted octanol–water partition coefficient (Wildman–Crippen LogP) is 3.86. The summed E-state index contributed by atoms with van der Waals surface area (Å²) in [5, 5.41) is 2.67. The van der Waals surface area contributed by atoms with E-state index in [2.05, 4.69) is 10.3 Å². The topological polar surface area (TPSA) is 51.2 Å². The summed E-state index contributed by atoms with van der Waals surface area (Å²) in [4.78, 5) is 15.2. The van der Waals surface area contributed by atoms with Crippen LogP contribution in [0.2, 0.25) is 0 Å². The number of aryl methyl sites for hydroxylation is 1. The molecule has 23 heavy (non-hydrogen) atoms. The van der Waals surface area contributed by atoms with E-state index in [4.69, 9.17) is 4.74 Å². The Balaban J connectivity index is 1.65. The second-order valence-corrected chi connectivity index (χ2v) is 5.06. The lowest BCUT2D eigenvalue weighted by Crippen LogP contribution is -2.24. The first-order valence-electron chi connectivity index (χ1n) is 7.38. The second-order valence-electron chi connectivity index (χ2n) is 5.06. The molecule has 0 aliphatic rings. The third-order valence-electron chi connectivity index (χ3n) is 3.14. The number of amides is 1. The van der Waals surface area contributed by atoms with Crippen LogP contribution in [0.1, 0.15) is 23.1 Å². The van der Waals surface area contributed by atoms with E-state index in [-0.39, 0.29) is 6.61 Å². The van der Waals surface area contributed by atoms with Gasteiger partial charge in [-0.1, -0.05) is 42.5 Å². The van der Waals surface area contributed by atoms with Gasteiger partial charge in [-0.25, -0.2) is 9.78 Å². The normalized spacial score (nSPS) is 10.7. The van der Waals surface area contributed by atoms with Crippen molar-refractivity contribution in [3.63, 3.8) is 0 Å². The molecule has 0 atom stereocenters. The van der Waals surface area contributed by atoms with Crippen LogP contribution in [0, 0.1) is 12.9 Å². The van der Waals surface area contributed by atoms with Crippen molar-refractivity contribution >= 4 is 12.2 Å². The zero-order valence-corrected chi connectivity index (χ0v) is 13.0. The van der Waals surface area contributed by atoms with Gasteiger partial charge in [-0.15, -0.1) is 0 Å². The smallest absolute Gasteiger partial charge is 0.407 e. The first-order chi connectivity index (χ1) is 11.1. The summed E-state index contributed by atoms with van der Waals surface area (Å²) < 4.78 is 18.1. The SMILES string of the molecule is Cc1cc(C=CCCNC(=O)OCc2ccccc2)cnc1F. The van der Waals surface area contributed by atoms with E-state index >= 15 is 0 Å². The molecule has 0 radical (unpaired) electrons. The van der Waals surface area contributed by atoms with Gasteiger partial charge in [0.25, 0.3) is 0 Å². The van der Waals surface area contributed by atoms with Crippen LogP contribution in [0.15, 0.2) is 48.7 Å². The van der Waals surface area contributed by atoms with E-state index in [1.165, 1.54) is 6.20 Å². The first-order valence-corrected chi connectivity index (χ1v) is 7.38. The summed E-state index contributed by atoms with van der Waals surface area (Å²) in [5.74, 6) is -0.454. The number of ether oxygens (including phenoxy) is 1. The van der Waals surface area contributed by atoms with Gasteiger partial charge < -0.3 is 10.1 Å². The van der Waals surface area contributed by atoms with Crippen molar-refractivity contribution in [1.29, 1.82) is 0 Å². The number of hydrogen-bond donors (Lipinski definition) is 1. The van der Waals surface area contributed by atoms with Gasteiger partial charge in [-0.2, -0.15) is 4.39 Å². The van der Waals surface area contributed by atoms with E-state index < -0.39 is 12.0 Å². The molecule has 0 unspecified atom stereocenters. The maximum atomic E-state index is 13.0. The van der Waals surface area contributed by atoms with Crippen molar-refractivity contribution in [1.82, 2.24) is 10.3 Å². The number of hydrogen-bond acceptors (Lipinski definition) is 3. The molecule has 1 heterocycles. The molecule has 0 spiro atoms. The van der Waals surface area contributed by atoms with Gasteiger partial charge in [0, 0.05) is 18.3 Å². The third kappa shape index (κ3) is 5.90. The van der Waals surface area contributed by atoms with Crippen LogP contribution >= 0.6 is 0 Å². The van der Waals surface area contributed by atoms with Crippen LogP contribution in [0.3, 0.4) is 0 Å². The number of carbonyl (C=O) groups excluding carboxylic acids is 1. The lowest BCUT2D eigenvalue weighted by Gasteiger charge is -2.05. The molecule has 0 saturated heterocycles. The maximum Gasteiger partial charge on any atom is 0.407 e. The Morgan fingerprint density at radius 3 is 2.87 bits per heavy atom. The molecule has 0 aliphatic heterocycles. The Labute approximate surface area is 135 Å². The van der Waals surface area contributed by atoms with E-state index in [9.17, 15) is 9.18 Å². The predicted molar refractivity (Wildman–Crippen MR) is 87.2 cm³/mol. The lowest BCUT2D eigenvalue weighted by atomic mass is 10.2. The Morgan fingerprint density at radius 1 is 1.35 bits per heavy atom. The van der Waals surface area contributed by atoms with Crippen LogP contribution in [0.4, 0.5) is 9.18 Å². The molecule has 1 N–H and O–H groups in total. The molecule has 2 rings (SSSR count). The minimum Gasteiger partial charge on any atom is -0.445 e. The van der Waals surface area contributed by atoms with Crippen molar-refractivity contribution in [2.75, 3.05) is 6.54 Å². The summed E-state index contributed by atoms with van der Waals surface area (Å²) in [6.45, 7) is 2.39. The number of rotatable bonds is 6. The highest BCUT2D eigenvalue weighted by molar-refractivity contribution is 5.67. The van der Waals surface area contributed by atoms with Gasteiger partial charge in [0.1, 0.15) is 6.61 Å². The first kappa shape index (κ1) is 16.7. The molecule has 2 aromatic rings. The average molecular weight is 314 g/mol. The van der Waals surface area contributed by atoms with Crippen molar-refractivity contribution in [3.8, 4) is 0 Å². The van der Waals surface area contributed by atoms with Crippen LogP contribution in [0.5, 0.6) is 0 Å². The summed E-state index contributed by atoms with van der Waals surface area (Å²) >= 11 is 0. The fourth-order valence-corrected chi connectivity index (χ4v) is 1.92. The number of halogens is 1. The van der Waals surface area contributed by atoms with Crippen molar-refractivity contribution < 1.29 is 13.9 Å². The maximum absolute atomic E-state index is 13.0. The Bertz CT molecular complexity index is 672. The summed E-state index contributed by atoms with van der Waals surface area (Å²) in [6, 6.07) is 11.2. The van der Waals surface area contributed by atoms with Crippen molar-refractivity contribution in [3.05, 3.63) is 71.3 Å². The standard InChI is InChI=1S/C18H19FN2O2/c1-14-11-16(12-21-17(14)19)9-5-6-10-20-18(22)23-13-15-7-3-2-4-8-15/h2-5,7-9,11-12H,6,10,13H2,1H3,(H,20,22). The van der Waals surface area contributed by atoms with Crippen molar-refractivity contribution in [2.24, 2.45) is 0 Å². The Kier molecular flexibility index (Phi) is 6.29. The van der Waals surface area contributed by atoms with E-state index in [0.29, 0.717) is 18.5 Å². The number of aromatic nitrogens is 1. The Hall–Kier alpha value is -2.69. The molecular weight excluding hydrogens is 295 g/mol. The fraction of sp³-hybridized carbons (Fsp3) is 0.222. The molecule has 0 fully saturated rings. The largest absolute Gasteiger partial charge is 0.445 e. The number of nitrogens with zero attached hydrogens (tertiary/aromatic N) is 1. The van der Waals surface area contributed by atoms with E-state index in [1.807, 2.05) is 42.5 Å². The fourth-order valence-electron chi connectivity index (χ4n) is 1.92. The molecule has 120 valence electrons. The number of nitrogens with one attached hydrogen (secondary N) is 1. The van der Waals surface area contributed by atoms with E-state index in [0.717, 1.165) is 11.1 Å². The highest BCUT2D eigenvalue weighted by atomic mass is 19.1. The van der Waals surface area contributed by atoms with Crippen LogP contribution < -0.4 is 5.32 Å². The van der Waals surface area contributed by atoms with Crippen LogP contribution in [-0.4, -0.2) is 17.6 Å². The zero-order valence-electron chi connectivity index (χ0n) is 13.0. The quantitative estimate of drug-likeness (QED) is 0.650. The second kappa shape index (κ2) is 8.68. The highest BCUT2D eigenvalue weighted by Gasteiger charge is 2.01. The van der Waals surface area contributed by atoms with Crippen molar-refractivity contribution in [2.45, 2.75) is 20.0 Å². The Morgan fingerprint density at radius 2 is 2.13 bits per heavy atom. The molecule has 1 aromatic carbocycles.